The average Bonchev–Trinajstić information content (AvgIpc) is 2.25. The Labute approximate surface area is 101 Å². The smallest absolute Gasteiger partial charge is 0.117 e. The first-order valence-electron chi connectivity index (χ1n) is 6.28. The van der Waals surface area contributed by atoms with Crippen molar-refractivity contribution >= 4 is 0 Å². The van der Waals surface area contributed by atoms with Gasteiger partial charge in [-0.15, -0.1) is 0 Å². The minimum atomic E-state index is 0. The maximum atomic E-state index is 6.04. The monoisotopic (exact) mass is 235 g/mol. The molecule has 0 aliphatic carbocycles. The number of hydrogen-bond acceptors (Lipinski definition) is 1. The van der Waals surface area contributed by atoms with Crippen LogP contribution in [0.25, 0.3) is 0 Å². The lowest BCUT2D eigenvalue weighted by molar-refractivity contribution is -0.686. The van der Waals surface area contributed by atoms with Crippen molar-refractivity contribution in [3.8, 4) is 0 Å². The molecule has 15 heavy (non-hydrogen) atoms. The average molecular weight is 236 g/mol. The van der Waals surface area contributed by atoms with E-state index in [1.807, 2.05) is 0 Å². The van der Waals surface area contributed by atoms with E-state index in [0.29, 0.717) is 0 Å². The first kappa shape index (κ1) is 15.2. The molecule has 3 heteroatoms. The maximum Gasteiger partial charge on any atom is 0.117 e. The fourth-order valence-electron chi connectivity index (χ4n) is 2.25. The van der Waals surface area contributed by atoms with Gasteiger partial charge in [-0.05, 0) is 12.8 Å². The van der Waals surface area contributed by atoms with Crippen LogP contribution in [0.1, 0.15) is 52.4 Å². The van der Waals surface area contributed by atoms with Crippen LogP contribution in [0.15, 0.2) is 0 Å². The van der Waals surface area contributed by atoms with E-state index < -0.39 is 0 Å². The molecule has 1 rings (SSSR count). The minimum Gasteiger partial charge on any atom is -1.00 e. The highest BCUT2D eigenvalue weighted by molar-refractivity contribution is 4.81. The predicted molar refractivity (Wildman–Crippen MR) is 59.4 cm³/mol. The summed E-state index contributed by atoms with van der Waals surface area (Å²) in [6.45, 7) is 7.82. The summed E-state index contributed by atoms with van der Waals surface area (Å²) in [4.78, 5) is 0. The van der Waals surface area contributed by atoms with Crippen LogP contribution in [-0.4, -0.2) is 25.3 Å². The predicted octanol–water partition coefficient (Wildman–Crippen LogP) is -1.30. The molecule has 1 heterocycles. The van der Waals surface area contributed by atoms with E-state index in [4.69, 9.17) is 4.74 Å². The van der Waals surface area contributed by atoms with Crippen LogP contribution < -0.4 is 17.7 Å². The number of halogens is 1. The molecule has 0 aromatic rings. The molecule has 1 aliphatic heterocycles. The molecule has 0 aromatic heterocycles. The summed E-state index contributed by atoms with van der Waals surface area (Å²) in [5, 5.41) is 2.43. The third-order valence-electron chi connectivity index (χ3n) is 3.22. The van der Waals surface area contributed by atoms with Crippen LogP contribution in [-0.2, 0) is 4.74 Å². The molecule has 1 aliphatic rings. The lowest BCUT2D eigenvalue weighted by atomic mass is 9.89. The van der Waals surface area contributed by atoms with Crippen molar-refractivity contribution in [2.75, 3.05) is 19.7 Å². The molecular formula is C12H26ClNO. The van der Waals surface area contributed by atoms with Gasteiger partial charge in [0.2, 0.25) is 0 Å². The fourth-order valence-corrected chi connectivity index (χ4v) is 2.25. The van der Waals surface area contributed by atoms with Crippen LogP contribution >= 0.6 is 0 Å². The first-order chi connectivity index (χ1) is 6.83. The third-order valence-corrected chi connectivity index (χ3v) is 3.22. The zero-order valence-electron chi connectivity index (χ0n) is 10.2. The molecule has 1 saturated heterocycles. The van der Waals surface area contributed by atoms with Gasteiger partial charge in [0.25, 0.3) is 0 Å². The molecule has 2 nitrogen and oxygen atoms in total. The largest absolute Gasteiger partial charge is 1.00 e. The molecule has 92 valence electrons. The molecule has 1 fully saturated rings. The lowest BCUT2D eigenvalue weighted by Gasteiger charge is -2.35. The van der Waals surface area contributed by atoms with E-state index >= 15 is 0 Å². The zero-order valence-corrected chi connectivity index (χ0v) is 11.0. The third kappa shape index (κ3) is 5.19. The van der Waals surface area contributed by atoms with E-state index in [1.54, 1.807) is 0 Å². The quantitative estimate of drug-likeness (QED) is 0.609. The Kier molecular flexibility index (Phi) is 8.49. The van der Waals surface area contributed by atoms with Crippen molar-refractivity contribution < 1.29 is 22.5 Å². The van der Waals surface area contributed by atoms with Crippen LogP contribution in [0, 0.1) is 0 Å². The van der Waals surface area contributed by atoms with Crippen molar-refractivity contribution in [2.24, 2.45) is 0 Å². The highest BCUT2D eigenvalue weighted by atomic mass is 35.5. The van der Waals surface area contributed by atoms with Crippen molar-refractivity contribution in [3.05, 3.63) is 0 Å². The topological polar surface area (TPSA) is 25.8 Å². The van der Waals surface area contributed by atoms with Gasteiger partial charge in [-0.25, -0.2) is 0 Å². The van der Waals surface area contributed by atoms with Gasteiger partial charge in [0, 0.05) is 0 Å². The number of ether oxygens (including phenoxy) is 1. The second-order valence-corrected chi connectivity index (χ2v) is 4.52. The van der Waals surface area contributed by atoms with Crippen LogP contribution in [0.4, 0.5) is 0 Å². The van der Waals surface area contributed by atoms with Crippen LogP contribution in [0.5, 0.6) is 0 Å². The molecule has 0 unspecified atom stereocenters. The van der Waals surface area contributed by atoms with Gasteiger partial charge in [-0.3, -0.25) is 0 Å². The number of rotatable bonds is 6. The van der Waals surface area contributed by atoms with Gasteiger partial charge < -0.3 is 22.5 Å². The highest BCUT2D eigenvalue weighted by Gasteiger charge is 2.34. The summed E-state index contributed by atoms with van der Waals surface area (Å²) < 4.78 is 6.04. The molecule has 0 amide bonds. The Morgan fingerprint density at radius 3 is 2.13 bits per heavy atom. The number of quaternary nitrogens is 1. The number of unbranched alkanes of at least 4 members (excludes halogenated alkanes) is 2. The van der Waals surface area contributed by atoms with Gasteiger partial charge >= 0.3 is 0 Å². The van der Waals surface area contributed by atoms with E-state index in [1.165, 1.54) is 45.1 Å². The zero-order chi connectivity index (χ0) is 10.3. The summed E-state index contributed by atoms with van der Waals surface area (Å²) in [5.74, 6) is 0. The molecule has 0 radical (unpaired) electrons. The summed E-state index contributed by atoms with van der Waals surface area (Å²) in [7, 11) is 0. The molecule has 0 atom stereocenters. The molecule has 0 saturated carbocycles. The van der Waals surface area contributed by atoms with Crippen molar-refractivity contribution in [2.45, 2.75) is 58.0 Å². The first-order valence-corrected chi connectivity index (χ1v) is 6.28. The number of nitrogens with two attached hydrogens (primary N) is 1. The van der Waals surface area contributed by atoms with E-state index in [0.717, 1.165) is 13.2 Å². The molecule has 0 aromatic carbocycles. The van der Waals surface area contributed by atoms with Gasteiger partial charge in [0.05, 0.1) is 13.2 Å². The normalized spacial score (nSPS) is 19.6. The van der Waals surface area contributed by atoms with Gasteiger partial charge in [0.1, 0.15) is 12.1 Å². The van der Waals surface area contributed by atoms with Crippen molar-refractivity contribution in [1.82, 2.24) is 0 Å². The minimum absolute atomic E-state index is 0. The molecule has 2 N–H and O–H groups in total. The van der Waals surface area contributed by atoms with Crippen molar-refractivity contribution in [1.29, 1.82) is 0 Å². The van der Waals surface area contributed by atoms with Gasteiger partial charge in [-0.1, -0.05) is 39.5 Å². The van der Waals surface area contributed by atoms with Crippen LogP contribution in [0.3, 0.4) is 0 Å². The van der Waals surface area contributed by atoms with Crippen LogP contribution in [0.2, 0.25) is 0 Å². The van der Waals surface area contributed by atoms with E-state index in [2.05, 4.69) is 19.2 Å². The molecular weight excluding hydrogens is 210 g/mol. The maximum absolute atomic E-state index is 6.04. The highest BCUT2D eigenvalue weighted by Crippen LogP contribution is 2.25. The second-order valence-electron chi connectivity index (χ2n) is 4.52. The fraction of sp³-hybridized carbons (Fsp3) is 1.00. The summed E-state index contributed by atoms with van der Waals surface area (Å²) in [5.41, 5.74) is 0.226. The Morgan fingerprint density at radius 2 is 1.73 bits per heavy atom. The summed E-state index contributed by atoms with van der Waals surface area (Å²) >= 11 is 0. The number of hydrogen-bond donors (Lipinski definition) is 1. The van der Waals surface area contributed by atoms with Gasteiger partial charge in [0.15, 0.2) is 0 Å². The van der Waals surface area contributed by atoms with E-state index in [9.17, 15) is 0 Å². The Hall–Kier alpha value is 0.210. The van der Waals surface area contributed by atoms with E-state index in [-0.39, 0.29) is 18.0 Å². The number of morpholine rings is 1. The van der Waals surface area contributed by atoms with Gasteiger partial charge in [-0.2, -0.15) is 0 Å². The summed E-state index contributed by atoms with van der Waals surface area (Å²) in [6, 6.07) is 0. The molecule has 0 spiro atoms. The van der Waals surface area contributed by atoms with Crippen molar-refractivity contribution in [3.63, 3.8) is 0 Å². The Morgan fingerprint density at radius 1 is 1.13 bits per heavy atom. The SMILES string of the molecule is CCCCC1(CCCC)C[NH2+]CCO1.[Cl-]. The second kappa shape index (κ2) is 8.37. The standard InChI is InChI=1S/C12H25NO.ClH/c1-3-5-7-12(8-6-4-2)11-13-9-10-14-12;/h13H,3-11H2,1-2H3;1H. The lowest BCUT2D eigenvalue weighted by Crippen LogP contribution is -3.00. The molecule has 0 bridgehead atoms. The Balaban J connectivity index is 0.00000196. The summed E-state index contributed by atoms with van der Waals surface area (Å²) in [6.07, 6.45) is 7.74. The Bertz CT molecular complexity index is 137.